The number of rotatable bonds is 5. The fraction of sp³-hybridized carbons (Fsp3) is 0.364. The maximum atomic E-state index is 12.4. The number of carbonyl (C=O) groups is 1. The van der Waals surface area contributed by atoms with Crippen LogP contribution >= 0.6 is 35.1 Å². The van der Waals surface area contributed by atoms with E-state index in [-0.39, 0.29) is 12.3 Å². The van der Waals surface area contributed by atoms with Crippen molar-refractivity contribution in [1.29, 1.82) is 0 Å². The van der Waals surface area contributed by atoms with Crippen molar-refractivity contribution < 1.29 is 31.1 Å². The van der Waals surface area contributed by atoms with Gasteiger partial charge in [-0.3, -0.25) is 4.79 Å². The van der Waals surface area contributed by atoms with Gasteiger partial charge in [0.15, 0.2) is 5.78 Å². The highest BCUT2D eigenvalue weighted by molar-refractivity contribution is 8.01. The largest absolute Gasteiger partial charge is 0.446 e. The Labute approximate surface area is 129 Å². The molecular formula is C11H7ClF6OS2. The van der Waals surface area contributed by atoms with E-state index in [0.29, 0.717) is 0 Å². The first-order valence-electron chi connectivity index (χ1n) is 5.27. The van der Waals surface area contributed by atoms with E-state index in [1.54, 1.807) is 0 Å². The Morgan fingerprint density at radius 1 is 1.00 bits per heavy atom. The van der Waals surface area contributed by atoms with Crippen LogP contribution in [0.2, 0.25) is 0 Å². The summed E-state index contributed by atoms with van der Waals surface area (Å²) in [5.74, 6) is -1.05. The van der Waals surface area contributed by atoms with E-state index in [4.69, 9.17) is 11.6 Å². The van der Waals surface area contributed by atoms with Crippen molar-refractivity contribution in [3.63, 3.8) is 0 Å². The summed E-state index contributed by atoms with van der Waals surface area (Å²) in [6.07, 6.45) is -0.345. The lowest BCUT2D eigenvalue weighted by Gasteiger charge is -2.15. The molecule has 0 aliphatic heterocycles. The van der Waals surface area contributed by atoms with Crippen LogP contribution in [-0.4, -0.2) is 22.7 Å². The van der Waals surface area contributed by atoms with Crippen LogP contribution < -0.4 is 0 Å². The summed E-state index contributed by atoms with van der Waals surface area (Å²) in [7, 11) is 0. The van der Waals surface area contributed by atoms with Gasteiger partial charge in [0, 0.05) is 27.7 Å². The fourth-order valence-electron chi connectivity index (χ4n) is 1.42. The highest BCUT2D eigenvalue weighted by Gasteiger charge is 2.35. The molecule has 1 aromatic carbocycles. The molecular weight excluding hydrogens is 362 g/mol. The molecule has 0 aliphatic rings. The third-order valence-corrected chi connectivity index (χ3v) is 3.81. The van der Waals surface area contributed by atoms with Gasteiger partial charge in [-0.2, -0.15) is 26.3 Å². The van der Waals surface area contributed by atoms with Crippen LogP contribution in [0.1, 0.15) is 16.8 Å². The number of Topliss-reactive ketones (excluding diaryl/α,β-unsaturated/α-hetero) is 1. The zero-order valence-electron chi connectivity index (χ0n) is 10.0. The average Bonchev–Trinajstić information content (AvgIpc) is 2.24. The lowest BCUT2D eigenvalue weighted by atomic mass is 10.1. The average molecular weight is 369 g/mol. The van der Waals surface area contributed by atoms with Crippen molar-refractivity contribution in [1.82, 2.24) is 0 Å². The van der Waals surface area contributed by atoms with Crippen molar-refractivity contribution in [3.05, 3.63) is 23.8 Å². The normalized spacial score (nSPS) is 12.5. The number of ketones is 1. The molecule has 0 N–H and O–H groups in total. The molecule has 1 aromatic rings. The van der Waals surface area contributed by atoms with E-state index in [2.05, 4.69) is 0 Å². The Bertz CT molecular complexity index is 480. The van der Waals surface area contributed by atoms with Gasteiger partial charge in [0.1, 0.15) is 0 Å². The Morgan fingerprint density at radius 3 is 1.76 bits per heavy atom. The number of benzene rings is 1. The van der Waals surface area contributed by atoms with Gasteiger partial charge in [0.2, 0.25) is 0 Å². The molecule has 21 heavy (non-hydrogen) atoms. The van der Waals surface area contributed by atoms with Gasteiger partial charge in [-0.15, -0.1) is 11.6 Å². The minimum Gasteiger partial charge on any atom is -0.294 e. The molecule has 0 unspecified atom stereocenters. The molecule has 0 atom stereocenters. The van der Waals surface area contributed by atoms with Crippen LogP contribution in [0.15, 0.2) is 28.0 Å². The van der Waals surface area contributed by atoms with Crippen molar-refractivity contribution in [3.8, 4) is 0 Å². The molecule has 10 heteroatoms. The number of hydrogen-bond acceptors (Lipinski definition) is 3. The van der Waals surface area contributed by atoms with Gasteiger partial charge in [0.05, 0.1) is 0 Å². The summed E-state index contributed by atoms with van der Waals surface area (Å²) in [6.45, 7) is 0. The van der Waals surface area contributed by atoms with Gasteiger partial charge in [-0.1, -0.05) is 6.07 Å². The second-order valence-electron chi connectivity index (χ2n) is 3.59. The second kappa shape index (κ2) is 7.15. The second-order valence-corrected chi connectivity index (χ2v) is 6.18. The third kappa shape index (κ3) is 6.39. The zero-order chi connectivity index (χ0) is 16.3. The predicted octanol–water partition coefficient (Wildman–Crippen LogP) is 5.72. The highest BCUT2D eigenvalue weighted by Crippen LogP contribution is 2.44. The monoisotopic (exact) mass is 368 g/mol. The fourth-order valence-corrected chi connectivity index (χ4v) is 3.10. The summed E-state index contributed by atoms with van der Waals surface area (Å²) >= 11 is 4.09. The summed E-state index contributed by atoms with van der Waals surface area (Å²) < 4.78 is 74.6. The van der Waals surface area contributed by atoms with Gasteiger partial charge in [-0.25, -0.2) is 0 Å². The predicted molar refractivity (Wildman–Crippen MR) is 69.9 cm³/mol. The first-order valence-corrected chi connectivity index (χ1v) is 7.44. The van der Waals surface area contributed by atoms with E-state index in [1.807, 2.05) is 0 Å². The van der Waals surface area contributed by atoms with E-state index < -0.39 is 55.7 Å². The number of halogens is 7. The molecule has 0 radical (unpaired) electrons. The van der Waals surface area contributed by atoms with Crippen molar-refractivity contribution >= 4 is 40.9 Å². The van der Waals surface area contributed by atoms with Crippen LogP contribution in [0, 0.1) is 0 Å². The lowest BCUT2D eigenvalue weighted by Crippen LogP contribution is -2.09. The number of alkyl halides is 7. The molecule has 0 saturated carbocycles. The molecule has 0 amide bonds. The van der Waals surface area contributed by atoms with E-state index in [0.717, 1.165) is 18.2 Å². The third-order valence-electron chi connectivity index (χ3n) is 2.04. The first-order chi connectivity index (χ1) is 9.53. The molecule has 118 valence electrons. The standard InChI is InChI=1S/C11H7ClF6OS2/c12-5-4-6(19)9-7(20-10(13,14)15)2-1-3-8(9)21-11(16,17)18/h1-3H,4-5H2. The zero-order valence-corrected chi connectivity index (χ0v) is 12.4. The molecule has 0 saturated heterocycles. The van der Waals surface area contributed by atoms with Crippen LogP contribution in [0.4, 0.5) is 26.3 Å². The Hall–Kier alpha value is -0.540. The minimum absolute atomic E-state index is 0.194. The molecule has 0 heterocycles. The summed E-state index contributed by atoms with van der Waals surface area (Å²) in [5, 5.41) is 0. The number of hydrogen-bond donors (Lipinski definition) is 0. The van der Waals surface area contributed by atoms with Gasteiger partial charge >= 0.3 is 11.0 Å². The molecule has 0 bridgehead atoms. The van der Waals surface area contributed by atoms with Crippen molar-refractivity contribution in [2.75, 3.05) is 5.88 Å². The van der Waals surface area contributed by atoms with Crippen LogP contribution in [0.25, 0.3) is 0 Å². The van der Waals surface area contributed by atoms with Gasteiger partial charge in [-0.05, 0) is 35.7 Å². The quantitative estimate of drug-likeness (QED) is 0.286. The molecule has 1 nitrogen and oxygen atoms in total. The summed E-state index contributed by atoms with van der Waals surface area (Å²) in [5.41, 5.74) is -10.0. The summed E-state index contributed by atoms with van der Waals surface area (Å²) in [6, 6.07) is 2.96. The van der Waals surface area contributed by atoms with Gasteiger partial charge in [0.25, 0.3) is 0 Å². The Balaban J connectivity index is 3.30. The van der Waals surface area contributed by atoms with E-state index >= 15 is 0 Å². The lowest BCUT2D eigenvalue weighted by molar-refractivity contribution is -0.0334. The first kappa shape index (κ1) is 18.5. The van der Waals surface area contributed by atoms with Crippen LogP contribution in [0.3, 0.4) is 0 Å². The minimum atomic E-state index is -4.71. The molecule has 0 aromatic heterocycles. The van der Waals surface area contributed by atoms with Crippen molar-refractivity contribution in [2.45, 2.75) is 27.2 Å². The van der Waals surface area contributed by atoms with E-state index in [9.17, 15) is 31.1 Å². The van der Waals surface area contributed by atoms with Crippen LogP contribution in [0.5, 0.6) is 0 Å². The van der Waals surface area contributed by atoms with E-state index in [1.165, 1.54) is 0 Å². The number of carbonyl (C=O) groups excluding carboxylic acids is 1. The van der Waals surface area contributed by atoms with Gasteiger partial charge < -0.3 is 0 Å². The Kier molecular flexibility index (Phi) is 6.30. The molecule has 0 aliphatic carbocycles. The smallest absolute Gasteiger partial charge is 0.294 e. The highest BCUT2D eigenvalue weighted by atomic mass is 35.5. The van der Waals surface area contributed by atoms with Crippen molar-refractivity contribution in [2.24, 2.45) is 0 Å². The maximum Gasteiger partial charge on any atom is 0.446 e. The molecule has 0 spiro atoms. The SMILES string of the molecule is O=C(CCCl)c1c(SC(F)(F)F)cccc1SC(F)(F)F. The maximum absolute atomic E-state index is 12.4. The summed E-state index contributed by atoms with van der Waals surface area (Å²) in [4.78, 5) is 10.7. The number of thioether (sulfide) groups is 2. The molecule has 1 rings (SSSR count). The topological polar surface area (TPSA) is 17.1 Å². The Morgan fingerprint density at radius 2 is 1.43 bits per heavy atom. The van der Waals surface area contributed by atoms with Crippen LogP contribution in [-0.2, 0) is 0 Å². The molecule has 0 fully saturated rings.